The van der Waals surface area contributed by atoms with Gasteiger partial charge in [0.15, 0.2) is 0 Å². The van der Waals surface area contributed by atoms with Gasteiger partial charge in [0.25, 0.3) is 0 Å². The lowest BCUT2D eigenvalue weighted by Crippen LogP contribution is -2.50. The van der Waals surface area contributed by atoms with Crippen molar-refractivity contribution in [1.82, 2.24) is 10.2 Å². The van der Waals surface area contributed by atoms with Crippen LogP contribution in [0.5, 0.6) is 0 Å². The third kappa shape index (κ3) is 5.54. The van der Waals surface area contributed by atoms with E-state index in [1.54, 1.807) is 0 Å². The first-order valence-corrected chi connectivity index (χ1v) is 8.93. The summed E-state index contributed by atoms with van der Waals surface area (Å²) >= 11 is 0. The summed E-state index contributed by atoms with van der Waals surface area (Å²) in [5, 5.41) is 3.72. The van der Waals surface area contributed by atoms with Crippen LogP contribution in [0.3, 0.4) is 0 Å². The lowest BCUT2D eigenvalue weighted by molar-refractivity contribution is 0.0912. The first-order chi connectivity index (χ1) is 9.90. The summed E-state index contributed by atoms with van der Waals surface area (Å²) in [6, 6.07) is 0.791. The van der Waals surface area contributed by atoms with Crippen molar-refractivity contribution in [3.8, 4) is 0 Å². The van der Waals surface area contributed by atoms with Gasteiger partial charge in [-0.25, -0.2) is 0 Å². The van der Waals surface area contributed by atoms with Crippen molar-refractivity contribution in [1.29, 1.82) is 0 Å². The van der Waals surface area contributed by atoms with Crippen molar-refractivity contribution in [2.24, 2.45) is 5.41 Å². The van der Waals surface area contributed by atoms with Gasteiger partial charge < -0.3 is 15.0 Å². The van der Waals surface area contributed by atoms with E-state index in [0.29, 0.717) is 5.41 Å². The van der Waals surface area contributed by atoms with Crippen molar-refractivity contribution in [3.63, 3.8) is 0 Å². The van der Waals surface area contributed by atoms with Crippen LogP contribution >= 0.6 is 0 Å². The molecule has 1 heterocycles. The second-order valence-electron chi connectivity index (χ2n) is 8.47. The molecule has 124 valence electrons. The maximum Gasteiger partial charge on any atom is 0.0547 e. The Balaban J connectivity index is 1.91. The summed E-state index contributed by atoms with van der Waals surface area (Å²) in [4.78, 5) is 2.64. The molecule has 1 saturated carbocycles. The highest BCUT2D eigenvalue weighted by Crippen LogP contribution is 2.31. The molecular formula is C18H36N2O. The van der Waals surface area contributed by atoms with Crippen LogP contribution in [0.1, 0.15) is 65.7 Å². The Bertz CT molecular complexity index is 297. The molecule has 1 saturated heterocycles. The lowest BCUT2D eigenvalue weighted by Gasteiger charge is -2.38. The minimum atomic E-state index is 0.191. The van der Waals surface area contributed by atoms with E-state index in [4.69, 9.17) is 4.74 Å². The Labute approximate surface area is 131 Å². The summed E-state index contributed by atoms with van der Waals surface area (Å²) in [6.45, 7) is 10.9. The largest absolute Gasteiger partial charge is 0.381 e. The molecule has 21 heavy (non-hydrogen) atoms. The van der Waals surface area contributed by atoms with Gasteiger partial charge in [0.2, 0.25) is 0 Å². The van der Waals surface area contributed by atoms with Crippen LogP contribution in [0.4, 0.5) is 0 Å². The van der Waals surface area contributed by atoms with E-state index in [1.807, 2.05) is 0 Å². The minimum Gasteiger partial charge on any atom is -0.381 e. The average molecular weight is 296 g/mol. The topological polar surface area (TPSA) is 24.5 Å². The first-order valence-electron chi connectivity index (χ1n) is 8.93. The van der Waals surface area contributed by atoms with Gasteiger partial charge in [-0.2, -0.15) is 0 Å². The predicted molar refractivity (Wildman–Crippen MR) is 89.7 cm³/mol. The number of rotatable bonds is 5. The van der Waals surface area contributed by atoms with E-state index in [0.717, 1.165) is 25.8 Å². The molecule has 3 heteroatoms. The zero-order chi connectivity index (χ0) is 15.3. The monoisotopic (exact) mass is 296 g/mol. The molecule has 1 aliphatic carbocycles. The number of hydrogen-bond donors (Lipinski definition) is 1. The van der Waals surface area contributed by atoms with Crippen LogP contribution in [-0.4, -0.2) is 49.8 Å². The van der Waals surface area contributed by atoms with E-state index in [1.165, 1.54) is 51.5 Å². The Morgan fingerprint density at radius 2 is 1.81 bits per heavy atom. The zero-order valence-electron chi connectivity index (χ0n) is 14.7. The van der Waals surface area contributed by atoms with Crippen LogP contribution in [0.15, 0.2) is 0 Å². The highest BCUT2D eigenvalue weighted by Gasteiger charge is 2.37. The van der Waals surface area contributed by atoms with Crippen molar-refractivity contribution in [2.45, 2.75) is 77.3 Å². The van der Waals surface area contributed by atoms with Crippen molar-refractivity contribution < 1.29 is 4.74 Å². The van der Waals surface area contributed by atoms with E-state index in [9.17, 15) is 0 Å². The first kappa shape index (κ1) is 17.2. The van der Waals surface area contributed by atoms with Crippen LogP contribution in [0.2, 0.25) is 0 Å². The van der Waals surface area contributed by atoms with Gasteiger partial charge in [-0.1, -0.05) is 25.7 Å². The van der Waals surface area contributed by atoms with Crippen LogP contribution in [-0.2, 0) is 4.74 Å². The van der Waals surface area contributed by atoms with Gasteiger partial charge in [-0.15, -0.1) is 0 Å². The molecule has 1 aliphatic heterocycles. The average Bonchev–Trinajstić information content (AvgIpc) is 2.70. The standard InChI is InChI=1S/C18H36N2O/c1-17(2,3)19-13-18(11-12-21-15-18)14-20(4)16-9-7-5-6-8-10-16/h16,19H,5-15H2,1-4H3. The molecule has 1 N–H and O–H groups in total. The maximum atomic E-state index is 5.77. The summed E-state index contributed by atoms with van der Waals surface area (Å²) in [5.41, 5.74) is 0.505. The smallest absolute Gasteiger partial charge is 0.0547 e. The molecule has 1 unspecified atom stereocenters. The molecule has 1 atom stereocenters. The molecule has 0 bridgehead atoms. The number of nitrogens with one attached hydrogen (secondary N) is 1. The van der Waals surface area contributed by atoms with Crippen molar-refractivity contribution in [3.05, 3.63) is 0 Å². The Morgan fingerprint density at radius 1 is 1.14 bits per heavy atom. The quantitative estimate of drug-likeness (QED) is 0.787. The molecule has 0 aromatic carbocycles. The summed E-state index contributed by atoms with van der Waals surface area (Å²) in [6.07, 6.45) is 9.68. The fraction of sp³-hybridized carbons (Fsp3) is 1.00. The van der Waals surface area contributed by atoms with Gasteiger partial charge in [-0.3, -0.25) is 0 Å². The zero-order valence-corrected chi connectivity index (χ0v) is 14.7. The molecule has 2 aliphatic rings. The molecular weight excluding hydrogens is 260 g/mol. The van der Waals surface area contributed by atoms with Gasteiger partial charge in [0.1, 0.15) is 0 Å². The number of nitrogens with zero attached hydrogens (tertiary/aromatic N) is 1. The summed E-state index contributed by atoms with van der Waals surface area (Å²) in [7, 11) is 2.34. The second-order valence-corrected chi connectivity index (χ2v) is 8.47. The molecule has 0 spiro atoms. The van der Waals surface area contributed by atoms with Gasteiger partial charge in [0, 0.05) is 36.7 Å². The third-order valence-electron chi connectivity index (χ3n) is 5.21. The van der Waals surface area contributed by atoms with Gasteiger partial charge >= 0.3 is 0 Å². The Morgan fingerprint density at radius 3 is 2.33 bits per heavy atom. The Hall–Kier alpha value is -0.120. The van der Waals surface area contributed by atoms with Crippen LogP contribution < -0.4 is 5.32 Å². The SMILES string of the molecule is CN(CC1(CNC(C)(C)C)CCOC1)C1CCCCCC1. The fourth-order valence-electron chi connectivity index (χ4n) is 3.78. The van der Waals surface area contributed by atoms with Crippen LogP contribution in [0.25, 0.3) is 0 Å². The van der Waals surface area contributed by atoms with Gasteiger partial charge in [0.05, 0.1) is 6.61 Å². The number of ether oxygens (including phenoxy) is 1. The van der Waals surface area contributed by atoms with Crippen molar-refractivity contribution >= 4 is 0 Å². The molecule has 2 rings (SSSR count). The number of hydrogen-bond acceptors (Lipinski definition) is 3. The molecule has 3 nitrogen and oxygen atoms in total. The predicted octanol–water partition coefficient (Wildman–Crippen LogP) is 3.44. The third-order valence-corrected chi connectivity index (χ3v) is 5.21. The van der Waals surface area contributed by atoms with E-state index >= 15 is 0 Å². The van der Waals surface area contributed by atoms with E-state index < -0.39 is 0 Å². The molecule has 0 radical (unpaired) electrons. The highest BCUT2D eigenvalue weighted by atomic mass is 16.5. The highest BCUT2D eigenvalue weighted by molar-refractivity contribution is 4.91. The molecule has 2 fully saturated rings. The fourth-order valence-corrected chi connectivity index (χ4v) is 3.78. The molecule has 0 amide bonds. The molecule has 0 aromatic heterocycles. The van der Waals surface area contributed by atoms with E-state index in [-0.39, 0.29) is 5.54 Å². The lowest BCUT2D eigenvalue weighted by atomic mass is 9.85. The van der Waals surface area contributed by atoms with Gasteiger partial charge in [-0.05, 0) is 47.1 Å². The Kier molecular flexibility index (Phi) is 6.10. The minimum absolute atomic E-state index is 0.191. The molecule has 0 aromatic rings. The maximum absolute atomic E-state index is 5.77. The second kappa shape index (κ2) is 7.43. The van der Waals surface area contributed by atoms with Crippen LogP contribution in [0, 0.1) is 5.41 Å². The summed E-state index contributed by atoms with van der Waals surface area (Å²) in [5.74, 6) is 0. The summed E-state index contributed by atoms with van der Waals surface area (Å²) < 4.78 is 5.77. The normalized spacial score (nSPS) is 29.0. The van der Waals surface area contributed by atoms with E-state index in [2.05, 4.69) is 38.0 Å². The van der Waals surface area contributed by atoms with Crippen molar-refractivity contribution in [2.75, 3.05) is 33.4 Å².